The molecule has 1 aromatic heterocycles. The summed E-state index contributed by atoms with van der Waals surface area (Å²) < 4.78 is 6.19. The first-order valence-electron chi connectivity index (χ1n) is 9.00. The number of thioether (sulfide) groups is 1. The molecule has 0 fully saturated rings. The van der Waals surface area contributed by atoms with Gasteiger partial charge in [0.2, 0.25) is 0 Å². The predicted molar refractivity (Wildman–Crippen MR) is 122 cm³/mol. The zero-order valence-electron chi connectivity index (χ0n) is 15.8. The molecular weight excluding hydrogens is 438 g/mol. The van der Waals surface area contributed by atoms with Gasteiger partial charge in [-0.1, -0.05) is 45.9 Å². The molecule has 0 radical (unpaired) electrons. The summed E-state index contributed by atoms with van der Waals surface area (Å²) in [7, 11) is 0. The monoisotopic (exact) mass is 459 g/mol. The minimum absolute atomic E-state index is 0.332. The molecule has 2 aromatic carbocycles. The number of fused-ring (bicyclic) bond motifs is 1. The molecule has 0 saturated carbocycles. The third-order valence-electron chi connectivity index (χ3n) is 4.18. The molecule has 0 bridgehead atoms. The summed E-state index contributed by atoms with van der Waals surface area (Å²) in [4.78, 5) is 20.3. The Balaban J connectivity index is 1.83. The van der Waals surface area contributed by atoms with E-state index in [-0.39, 0.29) is 5.97 Å². The average Bonchev–Trinajstić information content (AvgIpc) is 3.06. The number of nitrogens with one attached hydrogen (secondary N) is 2. The molecule has 5 nitrogen and oxygen atoms in total. The summed E-state index contributed by atoms with van der Waals surface area (Å²) in [5, 5.41) is 5.17. The van der Waals surface area contributed by atoms with Crippen molar-refractivity contribution in [1.82, 2.24) is 4.98 Å². The van der Waals surface area contributed by atoms with E-state index in [4.69, 9.17) is 4.74 Å². The van der Waals surface area contributed by atoms with Gasteiger partial charge in [-0.3, -0.25) is 4.99 Å². The van der Waals surface area contributed by atoms with Gasteiger partial charge >= 0.3 is 5.97 Å². The van der Waals surface area contributed by atoms with Crippen molar-refractivity contribution in [2.45, 2.75) is 13.3 Å². The van der Waals surface area contributed by atoms with E-state index in [0.717, 1.165) is 31.8 Å². The minimum Gasteiger partial charge on any atom is -0.461 e. The zero-order chi connectivity index (χ0) is 19.9. The quantitative estimate of drug-likeness (QED) is 0.291. The van der Waals surface area contributed by atoms with Crippen LogP contribution in [0.15, 0.2) is 58.0 Å². The van der Waals surface area contributed by atoms with E-state index in [1.165, 1.54) is 0 Å². The Morgan fingerprint density at radius 3 is 2.75 bits per heavy atom. The number of esters is 1. The standard InChI is InChI=1S/C21H22BrN3O2S/c1-3-27-20(26)19-16(17-13-14(22)9-10-18(17)25-19)11-12-23-21(28-2)24-15-7-5-4-6-8-15/h4-10,13,25H,3,11-12H2,1-2H3,(H,23,24). The smallest absolute Gasteiger partial charge is 0.355 e. The number of para-hydroxylation sites is 1. The van der Waals surface area contributed by atoms with Gasteiger partial charge in [0.05, 0.1) is 6.61 Å². The number of aliphatic imine (C=N–C) groups is 1. The highest BCUT2D eigenvalue weighted by Crippen LogP contribution is 2.27. The molecule has 0 saturated heterocycles. The number of rotatable bonds is 6. The number of anilines is 1. The molecule has 0 aliphatic carbocycles. The summed E-state index contributed by atoms with van der Waals surface area (Å²) in [5.74, 6) is -0.332. The van der Waals surface area contributed by atoms with E-state index in [0.29, 0.717) is 25.3 Å². The summed E-state index contributed by atoms with van der Waals surface area (Å²) >= 11 is 5.07. The first-order chi connectivity index (χ1) is 13.6. The van der Waals surface area contributed by atoms with Gasteiger partial charge in [0, 0.05) is 27.6 Å². The summed E-state index contributed by atoms with van der Waals surface area (Å²) in [6, 6.07) is 15.9. The van der Waals surface area contributed by atoms with E-state index in [2.05, 4.69) is 31.2 Å². The van der Waals surface area contributed by atoms with Crippen LogP contribution >= 0.6 is 27.7 Å². The second kappa shape index (κ2) is 9.80. The molecule has 3 rings (SSSR count). The second-order valence-electron chi connectivity index (χ2n) is 6.02. The molecule has 0 unspecified atom stereocenters. The molecule has 1 heterocycles. The number of carbonyl (C=O) groups is 1. The Morgan fingerprint density at radius 1 is 1.25 bits per heavy atom. The molecule has 2 N–H and O–H groups in total. The summed E-state index contributed by atoms with van der Waals surface area (Å²) in [6.45, 7) is 2.70. The number of halogens is 1. The SMILES string of the molecule is CCOC(=O)c1[nH]c2ccc(Br)cc2c1CCN=C(Nc1ccccc1)SC. The molecule has 0 atom stereocenters. The van der Waals surface area contributed by atoms with Crippen LogP contribution in [0.1, 0.15) is 23.0 Å². The van der Waals surface area contributed by atoms with Crippen molar-refractivity contribution < 1.29 is 9.53 Å². The maximum atomic E-state index is 12.4. The molecule has 7 heteroatoms. The molecule has 0 aliphatic rings. The van der Waals surface area contributed by atoms with E-state index in [1.807, 2.05) is 54.8 Å². The number of nitrogens with zero attached hydrogens (tertiary/aromatic N) is 1. The van der Waals surface area contributed by atoms with Crippen molar-refractivity contribution in [2.75, 3.05) is 24.7 Å². The number of H-pyrrole nitrogens is 1. The fourth-order valence-corrected chi connectivity index (χ4v) is 3.73. The molecule has 3 aromatic rings. The lowest BCUT2D eigenvalue weighted by molar-refractivity contribution is 0.0519. The van der Waals surface area contributed by atoms with Crippen molar-refractivity contribution in [3.8, 4) is 0 Å². The number of hydrogen-bond donors (Lipinski definition) is 2. The first-order valence-corrected chi connectivity index (χ1v) is 11.0. The molecule has 0 aliphatic heterocycles. The number of hydrogen-bond acceptors (Lipinski definition) is 4. The third-order valence-corrected chi connectivity index (χ3v) is 5.29. The Hall–Kier alpha value is -2.25. The van der Waals surface area contributed by atoms with Gasteiger partial charge in [-0.25, -0.2) is 4.79 Å². The number of amidine groups is 1. The van der Waals surface area contributed by atoms with Crippen LogP contribution in [0, 0.1) is 0 Å². The van der Waals surface area contributed by atoms with Crippen LogP contribution < -0.4 is 5.32 Å². The van der Waals surface area contributed by atoms with Crippen LogP contribution in [0.25, 0.3) is 10.9 Å². The van der Waals surface area contributed by atoms with E-state index < -0.39 is 0 Å². The Labute approximate surface area is 177 Å². The highest BCUT2D eigenvalue weighted by Gasteiger charge is 2.18. The largest absolute Gasteiger partial charge is 0.461 e. The average molecular weight is 460 g/mol. The molecule has 0 amide bonds. The fraction of sp³-hybridized carbons (Fsp3) is 0.238. The highest BCUT2D eigenvalue weighted by molar-refractivity contribution is 9.10. The van der Waals surface area contributed by atoms with Crippen molar-refractivity contribution in [2.24, 2.45) is 4.99 Å². The van der Waals surface area contributed by atoms with E-state index >= 15 is 0 Å². The van der Waals surface area contributed by atoms with Gasteiger partial charge in [-0.15, -0.1) is 0 Å². The number of carbonyl (C=O) groups excluding carboxylic acids is 1. The molecule has 146 valence electrons. The second-order valence-corrected chi connectivity index (χ2v) is 7.73. The van der Waals surface area contributed by atoms with Gasteiger partial charge in [0.1, 0.15) is 5.69 Å². The topological polar surface area (TPSA) is 66.5 Å². The predicted octanol–water partition coefficient (Wildman–Crippen LogP) is 5.48. The van der Waals surface area contributed by atoms with Gasteiger partial charge in [-0.05, 0) is 55.5 Å². The molecular formula is C21H22BrN3O2S. The van der Waals surface area contributed by atoms with Gasteiger partial charge in [0.25, 0.3) is 0 Å². The number of aromatic amines is 1. The van der Waals surface area contributed by atoms with Gasteiger partial charge < -0.3 is 15.0 Å². The van der Waals surface area contributed by atoms with Gasteiger partial charge in [0.15, 0.2) is 5.17 Å². The van der Waals surface area contributed by atoms with Crippen molar-refractivity contribution in [3.63, 3.8) is 0 Å². The lowest BCUT2D eigenvalue weighted by atomic mass is 10.1. The van der Waals surface area contributed by atoms with Crippen LogP contribution in [0.2, 0.25) is 0 Å². The van der Waals surface area contributed by atoms with Crippen LogP contribution in [0.4, 0.5) is 5.69 Å². The lowest BCUT2D eigenvalue weighted by Crippen LogP contribution is -2.10. The van der Waals surface area contributed by atoms with Crippen LogP contribution in [0.3, 0.4) is 0 Å². The third kappa shape index (κ3) is 4.97. The first kappa shape index (κ1) is 20.5. The Kier molecular flexibility index (Phi) is 7.17. The normalized spacial score (nSPS) is 11.6. The maximum Gasteiger partial charge on any atom is 0.355 e. The van der Waals surface area contributed by atoms with Crippen LogP contribution in [0.5, 0.6) is 0 Å². The number of ether oxygens (including phenoxy) is 1. The lowest BCUT2D eigenvalue weighted by Gasteiger charge is -2.08. The van der Waals surface area contributed by atoms with Crippen molar-refractivity contribution in [3.05, 3.63) is 64.3 Å². The van der Waals surface area contributed by atoms with Crippen molar-refractivity contribution >= 4 is 55.4 Å². The minimum atomic E-state index is -0.332. The zero-order valence-corrected chi connectivity index (χ0v) is 18.2. The Bertz CT molecular complexity index is 986. The van der Waals surface area contributed by atoms with Crippen LogP contribution in [-0.4, -0.2) is 35.5 Å². The van der Waals surface area contributed by atoms with E-state index in [9.17, 15) is 4.79 Å². The number of benzene rings is 2. The summed E-state index contributed by atoms with van der Waals surface area (Å²) in [5.41, 5.74) is 3.35. The van der Waals surface area contributed by atoms with Gasteiger partial charge in [-0.2, -0.15) is 0 Å². The highest BCUT2D eigenvalue weighted by atomic mass is 79.9. The summed E-state index contributed by atoms with van der Waals surface area (Å²) in [6.07, 6.45) is 2.62. The molecule has 0 spiro atoms. The van der Waals surface area contributed by atoms with E-state index in [1.54, 1.807) is 18.7 Å². The molecule has 28 heavy (non-hydrogen) atoms. The fourth-order valence-electron chi connectivity index (χ4n) is 2.93. The van der Waals surface area contributed by atoms with Crippen molar-refractivity contribution in [1.29, 1.82) is 0 Å². The van der Waals surface area contributed by atoms with Crippen LogP contribution in [-0.2, 0) is 11.2 Å². The maximum absolute atomic E-state index is 12.4. The Morgan fingerprint density at radius 2 is 2.04 bits per heavy atom. The number of aromatic nitrogens is 1.